The van der Waals surface area contributed by atoms with Crippen molar-refractivity contribution in [3.63, 3.8) is 0 Å². The molecule has 2 N–H and O–H groups in total. The van der Waals surface area contributed by atoms with Gasteiger partial charge in [0, 0.05) is 11.4 Å². The predicted molar refractivity (Wildman–Crippen MR) is 128 cm³/mol. The van der Waals surface area contributed by atoms with Crippen LogP contribution < -0.4 is 16.2 Å². The number of rotatable bonds is 5. The number of aryl methyl sites for hydroxylation is 2. The maximum Gasteiger partial charge on any atom is 0.266 e. The quantitative estimate of drug-likeness (QED) is 0.471. The molecule has 4 rings (SSSR count). The molecule has 2 amide bonds. The van der Waals surface area contributed by atoms with Crippen LogP contribution in [-0.2, 0) is 4.79 Å². The van der Waals surface area contributed by atoms with Crippen molar-refractivity contribution in [1.29, 1.82) is 0 Å². The standard InChI is InChI=1S/C24H22N4O3S/c1-14-9-7-8-12-18(14)27-22(30)20-15(2)19-23(32-20)25-13-28(24(19)31)16(3)21(29)26-17-10-5-4-6-11-17/h4-13,16H,1-3H3,(H,26,29)(H,27,30)/t16-/m1/s1. The molecule has 0 saturated carbocycles. The third-order valence-electron chi connectivity index (χ3n) is 5.31. The van der Waals surface area contributed by atoms with E-state index in [1.54, 1.807) is 26.0 Å². The summed E-state index contributed by atoms with van der Waals surface area (Å²) in [7, 11) is 0. The van der Waals surface area contributed by atoms with Gasteiger partial charge in [-0.25, -0.2) is 4.98 Å². The molecule has 0 aliphatic rings. The molecule has 0 unspecified atom stereocenters. The van der Waals surface area contributed by atoms with Crippen molar-refractivity contribution < 1.29 is 9.59 Å². The minimum absolute atomic E-state index is 0.291. The average molecular weight is 447 g/mol. The largest absolute Gasteiger partial charge is 0.324 e. The zero-order chi connectivity index (χ0) is 22.8. The number of carbonyl (C=O) groups is 2. The van der Waals surface area contributed by atoms with Crippen LogP contribution in [0.2, 0.25) is 0 Å². The van der Waals surface area contributed by atoms with Gasteiger partial charge in [0.1, 0.15) is 10.9 Å². The molecule has 4 aromatic rings. The summed E-state index contributed by atoms with van der Waals surface area (Å²) in [5.74, 6) is -0.620. The molecular formula is C24H22N4O3S. The Bertz CT molecular complexity index is 1380. The minimum Gasteiger partial charge on any atom is -0.324 e. The normalized spacial score (nSPS) is 11.8. The fourth-order valence-corrected chi connectivity index (χ4v) is 4.45. The molecule has 32 heavy (non-hydrogen) atoms. The van der Waals surface area contributed by atoms with Crippen LogP contribution in [0.3, 0.4) is 0 Å². The fraction of sp³-hybridized carbons (Fsp3) is 0.167. The van der Waals surface area contributed by atoms with Crippen molar-refractivity contribution in [2.24, 2.45) is 0 Å². The molecule has 0 bridgehead atoms. The topological polar surface area (TPSA) is 93.1 Å². The van der Waals surface area contributed by atoms with Crippen LogP contribution in [0.5, 0.6) is 0 Å². The van der Waals surface area contributed by atoms with Crippen molar-refractivity contribution in [3.05, 3.63) is 87.3 Å². The molecule has 2 heterocycles. The fourth-order valence-electron chi connectivity index (χ4n) is 3.42. The number of para-hydroxylation sites is 2. The molecule has 8 heteroatoms. The maximum absolute atomic E-state index is 13.2. The number of aromatic nitrogens is 2. The highest BCUT2D eigenvalue weighted by atomic mass is 32.1. The first-order valence-electron chi connectivity index (χ1n) is 10.1. The van der Waals surface area contributed by atoms with Gasteiger partial charge in [-0.15, -0.1) is 11.3 Å². The first-order valence-corrected chi connectivity index (χ1v) is 10.9. The van der Waals surface area contributed by atoms with Crippen molar-refractivity contribution >= 4 is 44.7 Å². The predicted octanol–water partition coefficient (Wildman–Crippen LogP) is 4.53. The molecule has 0 radical (unpaired) electrons. The highest BCUT2D eigenvalue weighted by molar-refractivity contribution is 7.20. The molecule has 0 aliphatic carbocycles. The van der Waals surface area contributed by atoms with Gasteiger partial charge >= 0.3 is 0 Å². The zero-order valence-electron chi connectivity index (χ0n) is 17.9. The van der Waals surface area contributed by atoms with Gasteiger partial charge in [0.2, 0.25) is 5.91 Å². The molecule has 7 nitrogen and oxygen atoms in total. The number of amides is 2. The van der Waals surface area contributed by atoms with Crippen LogP contribution >= 0.6 is 11.3 Å². The molecular weight excluding hydrogens is 424 g/mol. The van der Waals surface area contributed by atoms with Gasteiger partial charge in [-0.3, -0.25) is 19.0 Å². The first-order chi connectivity index (χ1) is 15.4. The minimum atomic E-state index is -0.775. The Morgan fingerprint density at radius 3 is 2.41 bits per heavy atom. The highest BCUT2D eigenvalue weighted by Crippen LogP contribution is 2.28. The maximum atomic E-state index is 13.2. The van der Waals surface area contributed by atoms with Crippen LogP contribution in [0.1, 0.15) is 33.8 Å². The number of thiophene rings is 1. The number of benzene rings is 2. The van der Waals surface area contributed by atoms with E-state index in [2.05, 4.69) is 15.6 Å². The molecule has 0 fully saturated rings. The Labute approximate surface area is 188 Å². The van der Waals surface area contributed by atoms with Crippen molar-refractivity contribution in [2.45, 2.75) is 26.8 Å². The van der Waals surface area contributed by atoms with Crippen molar-refractivity contribution in [1.82, 2.24) is 9.55 Å². The number of nitrogens with one attached hydrogen (secondary N) is 2. The molecule has 162 valence electrons. The smallest absolute Gasteiger partial charge is 0.266 e. The molecule has 1 atom stereocenters. The van der Waals surface area contributed by atoms with E-state index in [1.807, 2.05) is 49.4 Å². The van der Waals surface area contributed by atoms with E-state index in [4.69, 9.17) is 0 Å². The number of nitrogens with zero attached hydrogens (tertiary/aromatic N) is 2. The number of hydrogen-bond donors (Lipinski definition) is 2. The van der Waals surface area contributed by atoms with Crippen molar-refractivity contribution in [3.8, 4) is 0 Å². The Morgan fingerprint density at radius 2 is 1.69 bits per heavy atom. The lowest BCUT2D eigenvalue weighted by molar-refractivity contribution is -0.118. The summed E-state index contributed by atoms with van der Waals surface area (Å²) < 4.78 is 1.29. The third-order valence-corrected chi connectivity index (χ3v) is 6.51. The first kappa shape index (κ1) is 21.5. The molecule has 0 aliphatic heterocycles. The third kappa shape index (κ3) is 4.04. The zero-order valence-corrected chi connectivity index (χ0v) is 18.7. The lowest BCUT2D eigenvalue weighted by atomic mass is 10.1. The van der Waals surface area contributed by atoms with Crippen LogP contribution in [0.4, 0.5) is 11.4 Å². The molecule has 2 aromatic heterocycles. The van der Waals surface area contributed by atoms with E-state index in [1.165, 1.54) is 22.2 Å². The Kier molecular flexibility index (Phi) is 5.87. The summed E-state index contributed by atoms with van der Waals surface area (Å²) in [4.78, 5) is 44.0. The van der Waals surface area contributed by atoms with E-state index in [9.17, 15) is 14.4 Å². The number of hydrogen-bond acceptors (Lipinski definition) is 5. The average Bonchev–Trinajstić information content (AvgIpc) is 3.13. The van der Waals surface area contributed by atoms with Crippen LogP contribution in [0.15, 0.2) is 65.7 Å². The summed E-state index contributed by atoms with van der Waals surface area (Å²) >= 11 is 1.17. The summed E-state index contributed by atoms with van der Waals surface area (Å²) in [5.41, 5.74) is 2.51. The van der Waals surface area contributed by atoms with Gasteiger partial charge in [0.25, 0.3) is 11.5 Å². The summed E-state index contributed by atoms with van der Waals surface area (Å²) in [6, 6.07) is 15.8. The molecule has 0 saturated heterocycles. The van der Waals surface area contributed by atoms with Crippen LogP contribution in [0.25, 0.3) is 10.2 Å². The van der Waals surface area contributed by atoms with Gasteiger partial charge in [-0.1, -0.05) is 36.4 Å². The van der Waals surface area contributed by atoms with E-state index >= 15 is 0 Å². The monoisotopic (exact) mass is 446 g/mol. The Morgan fingerprint density at radius 1 is 1.00 bits per heavy atom. The number of carbonyl (C=O) groups excluding carboxylic acids is 2. The second-order valence-corrected chi connectivity index (χ2v) is 8.49. The van der Waals surface area contributed by atoms with Gasteiger partial charge in [0.05, 0.1) is 16.6 Å². The highest BCUT2D eigenvalue weighted by Gasteiger charge is 2.23. The summed E-state index contributed by atoms with van der Waals surface area (Å²) in [5, 5.41) is 6.05. The summed E-state index contributed by atoms with van der Waals surface area (Å²) in [6.07, 6.45) is 1.36. The lowest BCUT2D eigenvalue weighted by Gasteiger charge is -2.15. The Balaban J connectivity index is 1.65. The molecule has 2 aromatic carbocycles. The molecule has 0 spiro atoms. The summed E-state index contributed by atoms with van der Waals surface area (Å²) in [6.45, 7) is 5.28. The van der Waals surface area contributed by atoms with E-state index in [0.717, 1.165) is 5.56 Å². The van der Waals surface area contributed by atoms with E-state index in [-0.39, 0.29) is 17.4 Å². The number of anilines is 2. The van der Waals surface area contributed by atoms with Gasteiger partial charge in [0.15, 0.2) is 0 Å². The SMILES string of the molecule is Cc1ccccc1NC(=O)c1sc2ncn([C@H](C)C(=O)Nc3ccccc3)c(=O)c2c1C. The van der Waals surface area contributed by atoms with Gasteiger partial charge in [-0.2, -0.15) is 0 Å². The second-order valence-electron chi connectivity index (χ2n) is 7.49. The van der Waals surface area contributed by atoms with Crippen molar-refractivity contribution in [2.75, 3.05) is 10.6 Å². The van der Waals surface area contributed by atoms with Crippen LogP contribution in [-0.4, -0.2) is 21.4 Å². The van der Waals surface area contributed by atoms with Crippen LogP contribution in [0, 0.1) is 13.8 Å². The second kappa shape index (κ2) is 8.76. The lowest BCUT2D eigenvalue weighted by Crippen LogP contribution is -2.31. The Hall–Kier alpha value is -3.78. The van der Waals surface area contributed by atoms with Gasteiger partial charge < -0.3 is 10.6 Å². The van der Waals surface area contributed by atoms with E-state index in [0.29, 0.717) is 32.0 Å². The van der Waals surface area contributed by atoms with Gasteiger partial charge in [-0.05, 0) is 50.1 Å². The number of fused-ring (bicyclic) bond motifs is 1. The van der Waals surface area contributed by atoms with E-state index < -0.39 is 6.04 Å².